The van der Waals surface area contributed by atoms with Crippen molar-refractivity contribution in [1.82, 2.24) is 4.72 Å². The fraction of sp³-hybridized carbons (Fsp3) is 0.529. The smallest absolute Gasteiger partial charge is 0.212 e. The van der Waals surface area contributed by atoms with Crippen molar-refractivity contribution in [2.75, 3.05) is 12.4 Å². The van der Waals surface area contributed by atoms with Crippen LogP contribution < -0.4 is 9.46 Å². The topological polar surface area (TPSA) is 55.4 Å². The summed E-state index contributed by atoms with van der Waals surface area (Å²) in [6.07, 6.45) is 1.94. The number of nitrogens with one attached hydrogen (secondary N) is 1. The van der Waals surface area contributed by atoms with E-state index in [9.17, 15) is 12.8 Å². The monoisotopic (exact) mass is 343 g/mol. The minimum absolute atomic E-state index is 0.0184. The van der Waals surface area contributed by atoms with Gasteiger partial charge in [-0.3, -0.25) is 0 Å². The van der Waals surface area contributed by atoms with E-state index in [2.05, 4.69) is 11.3 Å². The molecule has 0 amide bonds. The zero-order valence-electron chi connectivity index (χ0n) is 14.2. The Bertz CT molecular complexity index is 636. The molecule has 0 radical (unpaired) electrons. The molecular formula is C17H26FNO3S. The highest BCUT2D eigenvalue weighted by atomic mass is 32.2. The highest BCUT2D eigenvalue weighted by Gasteiger charge is 2.18. The molecule has 0 fully saturated rings. The Balaban J connectivity index is 2.85. The molecule has 0 saturated carbocycles. The van der Waals surface area contributed by atoms with Crippen molar-refractivity contribution in [3.63, 3.8) is 0 Å². The number of sulfonamides is 1. The van der Waals surface area contributed by atoms with Gasteiger partial charge < -0.3 is 4.74 Å². The Kier molecular flexibility index (Phi) is 6.77. The normalized spacial score (nSPS) is 13.6. The van der Waals surface area contributed by atoms with E-state index in [0.29, 0.717) is 18.6 Å². The van der Waals surface area contributed by atoms with E-state index in [0.717, 1.165) is 0 Å². The predicted molar refractivity (Wildman–Crippen MR) is 91.5 cm³/mol. The molecule has 0 aliphatic rings. The van der Waals surface area contributed by atoms with Crippen LogP contribution in [0.2, 0.25) is 0 Å². The third-order valence-electron chi connectivity index (χ3n) is 3.06. The highest BCUT2D eigenvalue weighted by Crippen LogP contribution is 2.25. The molecule has 130 valence electrons. The molecule has 0 bridgehead atoms. The van der Waals surface area contributed by atoms with Crippen molar-refractivity contribution in [3.05, 3.63) is 42.2 Å². The van der Waals surface area contributed by atoms with Crippen LogP contribution in [0, 0.1) is 11.2 Å². The maximum Gasteiger partial charge on any atom is 0.212 e. The molecule has 0 heterocycles. The molecule has 1 N–H and O–H groups in total. The first-order valence-electron chi connectivity index (χ1n) is 7.57. The fourth-order valence-corrected chi connectivity index (χ4v) is 3.10. The average Bonchev–Trinajstić information content (AvgIpc) is 2.42. The third-order valence-corrected chi connectivity index (χ3v) is 4.55. The molecule has 0 unspecified atom stereocenters. The summed E-state index contributed by atoms with van der Waals surface area (Å²) < 4.78 is 45.8. The van der Waals surface area contributed by atoms with Gasteiger partial charge >= 0.3 is 0 Å². The molecular weight excluding hydrogens is 317 g/mol. The van der Waals surface area contributed by atoms with Crippen LogP contribution in [-0.4, -0.2) is 20.8 Å². The Morgan fingerprint density at radius 2 is 2.04 bits per heavy atom. The van der Waals surface area contributed by atoms with Crippen molar-refractivity contribution < 1.29 is 17.5 Å². The second-order valence-corrected chi connectivity index (χ2v) is 8.65. The van der Waals surface area contributed by atoms with Gasteiger partial charge in [0.1, 0.15) is 0 Å². The standard InChI is InChI=1S/C17H26FNO3S/c1-6-7-10-23(20,21)19-13(2)14-8-9-15(18)16(11-14)22-12-17(3,4)5/h6,8-9,11,13,19H,1,7,10,12H2,2-5H3/t13-/m1/s1. The Hall–Kier alpha value is -1.40. The summed E-state index contributed by atoms with van der Waals surface area (Å²) in [7, 11) is -3.41. The lowest BCUT2D eigenvalue weighted by atomic mass is 9.98. The van der Waals surface area contributed by atoms with Crippen LogP contribution >= 0.6 is 0 Å². The maximum atomic E-state index is 13.8. The zero-order chi connectivity index (χ0) is 17.7. The molecule has 0 aromatic heterocycles. The summed E-state index contributed by atoms with van der Waals surface area (Å²) in [5.41, 5.74) is 0.554. The number of hydrogen-bond donors (Lipinski definition) is 1. The maximum absolute atomic E-state index is 13.8. The molecule has 1 atom stereocenters. The van der Waals surface area contributed by atoms with E-state index in [4.69, 9.17) is 4.74 Å². The van der Waals surface area contributed by atoms with Gasteiger partial charge in [0.05, 0.1) is 12.4 Å². The molecule has 1 aromatic rings. The van der Waals surface area contributed by atoms with E-state index in [-0.39, 0.29) is 16.9 Å². The summed E-state index contributed by atoms with van der Waals surface area (Å²) in [6.45, 7) is 11.6. The van der Waals surface area contributed by atoms with Gasteiger partial charge in [0.25, 0.3) is 0 Å². The van der Waals surface area contributed by atoms with Gasteiger partial charge in [0.2, 0.25) is 10.0 Å². The summed E-state index contributed by atoms with van der Waals surface area (Å²) in [4.78, 5) is 0. The SMILES string of the molecule is C=CCCS(=O)(=O)N[C@H](C)c1ccc(F)c(OCC(C)(C)C)c1. The molecule has 4 nitrogen and oxygen atoms in total. The molecule has 0 spiro atoms. The van der Waals surface area contributed by atoms with Crippen LogP contribution in [0.25, 0.3) is 0 Å². The van der Waals surface area contributed by atoms with Crippen molar-refractivity contribution in [3.8, 4) is 5.75 Å². The first-order valence-corrected chi connectivity index (χ1v) is 9.22. The predicted octanol–water partition coefficient (Wildman–Crippen LogP) is 3.81. The Morgan fingerprint density at radius 1 is 1.39 bits per heavy atom. The van der Waals surface area contributed by atoms with Crippen LogP contribution in [0.15, 0.2) is 30.9 Å². The number of ether oxygens (including phenoxy) is 1. The van der Waals surface area contributed by atoms with Crippen molar-refractivity contribution in [2.45, 2.75) is 40.2 Å². The Morgan fingerprint density at radius 3 is 2.61 bits per heavy atom. The molecule has 0 aliphatic heterocycles. The second kappa shape index (κ2) is 7.93. The number of allylic oxidation sites excluding steroid dienone is 1. The number of benzene rings is 1. The van der Waals surface area contributed by atoms with Crippen LogP contribution in [-0.2, 0) is 10.0 Å². The molecule has 23 heavy (non-hydrogen) atoms. The molecule has 0 aliphatic carbocycles. The number of rotatable bonds is 8. The first-order chi connectivity index (χ1) is 10.5. The van der Waals surface area contributed by atoms with Gasteiger partial charge in [-0.15, -0.1) is 6.58 Å². The van der Waals surface area contributed by atoms with E-state index in [1.165, 1.54) is 6.07 Å². The lowest BCUT2D eigenvalue weighted by Gasteiger charge is -2.20. The van der Waals surface area contributed by atoms with Crippen LogP contribution in [0.5, 0.6) is 5.75 Å². The van der Waals surface area contributed by atoms with Gasteiger partial charge in [-0.25, -0.2) is 17.5 Å². The van der Waals surface area contributed by atoms with E-state index in [1.807, 2.05) is 20.8 Å². The largest absolute Gasteiger partial charge is 0.490 e. The molecule has 0 saturated heterocycles. The third kappa shape index (κ3) is 7.14. The number of halogens is 1. The summed E-state index contributed by atoms with van der Waals surface area (Å²) >= 11 is 0. The lowest BCUT2D eigenvalue weighted by Crippen LogP contribution is -2.29. The fourth-order valence-electron chi connectivity index (χ4n) is 1.83. The average molecular weight is 343 g/mol. The van der Waals surface area contributed by atoms with Gasteiger partial charge in [0.15, 0.2) is 11.6 Å². The van der Waals surface area contributed by atoms with Gasteiger partial charge in [-0.1, -0.05) is 32.9 Å². The van der Waals surface area contributed by atoms with Crippen LogP contribution in [0.3, 0.4) is 0 Å². The van der Waals surface area contributed by atoms with E-state index in [1.54, 1.807) is 25.1 Å². The van der Waals surface area contributed by atoms with Gasteiger partial charge in [-0.2, -0.15) is 0 Å². The zero-order valence-corrected chi connectivity index (χ0v) is 15.0. The van der Waals surface area contributed by atoms with Crippen molar-refractivity contribution in [2.24, 2.45) is 5.41 Å². The first kappa shape index (κ1) is 19.6. The minimum Gasteiger partial charge on any atom is -0.490 e. The highest BCUT2D eigenvalue weighted by molar-refractivity contribution is 7.89. The number of hydrogen-bond acceptors (Lipinski definition) is 3. The molecule has 1 aromatic carbocycles. The van der Waals surface area contributed by atoms with Crippen LogP contribution in [0.4, 0.5) is 4.39 Å². The summed E-state index contributed by atoms with van der Waals surface area (Å²) in [6, 6.07) is 3.92. The summed E-state index contributed by atoms with van der Waals surface area (Å²) in [5.74, 6) is -0.343. The van der Waals surface area contributed by atoms with E-state index < -0.39 is 21.9 Å². The summed E-state index contributed by atoms with van der Waals surface area (Å²) in [5, 5.41) is 0. The Labute approximate surface area is 138 Å². The quantitative estimate of drug-likeness (QED) is 0.730. The van der Waals surface area contributed by atoms with Crippen molar-refractivity contribution in [1.29, 1.82) is 0 Å². The minimum atomic E-state index is -3.41. The van der Waals surface area contributed by atoms with Crippen LogP contribution in [0.1, 0.15) is 45.7 Å². The lowest BCUT2D eigenvalue weighted by molar-refractivity contribution is 0.191. The van der Waals surface area contributed by atoms with Crippen molar-refractivity contribution >= 4 is 10.0 Å². The van der Waals surface area contributed by atoms with Gasteiger partial charge in [-0.05, 0) is 36.5 Å². The molecule has 6 heteroatoms. The molecule has 1 rings (SSSR count). The second-order valence-electron chi connectivity index (χ2n) is 6.77. The van der Waals surface area contributed by atoms with Gasteiger partial charge in [0, 0.05) is 6.04 Å². The van der Waals surface area contributed by atoms with E-state index >= 15 is 0 Å².